The molecule has 0 fully saturated rings. The molecule has 0 aromatic heterocycles. The van der Waals surface area contributed by atoms with Crippen LogP contribution >= 0.6 is 0 Å². The molecule has 0 aromatic carbocycles. The summed E-state index contributed by atoms with van der Waals surface area (Å²) >= 11 is 0. The van der Waals surface area contributed by atoms with Crippen LogP contribution < -0.4 is 0 Å². The topological polar surface area (TPSA) is 87.4 Å². The Morgan fingerprint density at radius 3 is 1.29 bits per heavy atom. The molecule has 0 heterocycles. The third-order valence-electron chi connectivity index (χ3n) is 3.02. The number of ether oxygens (including phenoxy) is 3. The molecule has 0 saturated carbocycles. The second kappa shape index (κ2) is 14.1. The zero-order chi connectivity index (χ0) is 15.8. The van der Waals surface area contributed by atoms with Crippen LogP contribution in [0.3, 0.4) is 0 Å². The van der Waals surface area contributed by atoms with Gasteiger partial charge in [-0.2, -0.15) is 0 Å². The number of hydrogen-bond donors (Lipinski definition) is 0. The molecule has 0 aliphatic carbocycles. The number of hydrogen-bond acceptors (Lipinski definition) is 3. The van der Waals surface area contributed by atoms with E-state index in [0.29, 0.717) is 39.6 Å². The van der Waals surface area contributed by atoms with Crippen LogP contribution in [0.4, 0.5) is 0 Å². The van der Waals surface area contributed by atoms with E-state index in [1.165, 1.54) is 0 Å². The summed E-state index contributed by atoms with van der Waals surface area (Å²) in [7, 11) is 0. The van der Waals surface area contributed by atoms with E-state index < -0.39 is 0 Å². The van der Waals surface area contributed by atoms with E-state index in [1.54, 1.807) is 18.4 Å². The van der Waals surface area contributed by atoms with Crippen LogP contribution in [0.5, 0.6) is 0 Å². The second-order valence-electron chi connectivity index (χ2n) is 4.69. The van der Waals surface area contributed by atoms with Gasteiger partial charge in [-0.15, -0.1) is 0 Å². The van der Waals surface area contributed by atoms with Gasteiger partial charge in [0.15, 0.2) is 0 Å². The van der Waals surface area contributed by atoms with Gasteiger partial charge < -0.3 is 0 Å². The molecule has 0 spiro atoms. The Hall–Kier alpha value is -0.900. The summed E-state index contributed by atoms with van der Waals surface area (Å²) in [4.78, 5) is 0. The standard InChI is InChI=1S/C15H23O6/c1-2-15(12-19-9-3-6-16,13-20-10-4-7-17)14-21-11-5-8-18/h2-5,9-14H2,1H3/q+3. The van der Waals surface area contributed by atoms with Crippen molar-refractivity contribution in [2.45, 2.75) is 32.6 Å². The van der Waals surface area contributed by atoms with Crippen LogP contribution in [0.1, 0.15) is 32.6 Å². The van der Waals surface area contributed by atoms with Crippen LogP contribution in [0.15, 0.2) is 0 Å². The average Bonchev–Trinajstić information content (AvgIpc) is 2.51. The summed E-state index contributed by atoms with van der Waals surface area (Å²) < 4.78 is 46.9. The molecule has 0 amide bonds. The van der Waals surface area contributed by atoms with Gasteiger partial charge in [0.1, 0.15) is 0 Å². The van der Waals surface area contributed by atoms with Crippen LogP contribution in [-0.2, 0) is 28.2 Å². The minimum atomic E-state index is -0.366. The van der Waals surface area contributed by atoms with E-state index in [-0.39, 0.29) is 24.7 Å². The maximum absolute atomic E-state index is 10.2. The summed E-state index contributed by atoms with van der Waals surface area (Å²) in [6.45, 7) is 4.02. The molecule has 0 bridgehead atoms. The summed E-state index contributed by atoms with van der Waals surface area (Å²) in [5.41, 5.74) is -0.366. The Morgan fingerprint density at radius 1 is 0.714 bits per heavy atom. The summed E-state index contributed by atoms with van der Waals surface area (Å²) in [5.74, 6) is 0. The zero-order valence-electron chi connectivity index (χ0n) is 12.5. The Kier molecular flexibility index (Phi) is 13.5. The van der Waals surface area contributed by atoms with E-state index >= 15 is 0 Å². The van der Waals surface area contributed by atoms with Crippen LogP contribution in [0, 0.1) is 23.9 Å². The van der Waals surface area contributed by atoms with Crippen LogP contribution in [0.2, 0.25) is 0 Å². The van der Waals surface area contributed by atoms with E-state index in [1.807, 2.05) is 6.92 Å². The molecular formula is C15H23O6+3. The molecule has 21 heavy (non-hydrogen) atoms. The Labute approximate surface area is 125 Å². The summed E-state index contributed by atoms with van der Waals surface area (Å²) in [5, 5.41) is 0. The Balaban J connectivity index is 4.34. The summed E-state index contributed by atoms with van der Waals surface area (Å²) in [6.07, 6.45) is 6.72. The Morgan fingerprint density at radius 2 is 1.05 bits per heavy atom. The van der Waals surface area contributed by atoms with Gasteiger partial charge in [-0.05, 0) is 0 Å². The first kappa shape index (κ1) is 20.1. The van der Waals surface area contributed by atoms with Crippen molar-refractivity contribution in [3.63, 3.8) is 0 Å². The molecule has 0 N–H and O–H groups in total. The number of rotatable bonds is 13. The van der Waals surface area contributed by atoms with Crippen molar-refractivity contribution in [2.24, 2.45) is 5.41 Å². The molecule has 0 saturated heterocycles. The van der Waals surface area contributed by atoms with Gasteiger partial charge in [0.25, 0.3) is 0 Å². The fraction of sp³-hybridized carbons (Fsp3) is 0.800. The summed E-state index contributed by atoms with van der Waals surface area (Å²) in [6, 6.07) is 0. The molecule has 6 heteroatoms. The van der Waals surface area contributed by atoms with Crippen LogP contribution in [0.25, 0.3) is 0 Å². The quantitative estimate of drug-likeness (QED) is 0.383. The SMILES string of the molecule is CCC(COCCC#[O+])(COCCC#[O+])COCCC#[O+]. The monoisotopic (exact) mass is 299 g/mol. The van der Waals surface area contributed by atoms with Gasteiger partial charge in [0.05, 0.1) is 0 Å². The van der Waals surface area contributed by atoms with E-state index in [9.17, 15) is 14.0 Å². The van der Waals surface area contributed by atoms with Gasteiger partial charge in [-0.3, -0.25) is 0 Å². The van der Waals surface area contributed by atoms with Gasteiger partial charge in [0.2, 0.25) is 0 Å². The molecular weight excluding hydrogens is 276 g/mol. The van der Waals surface area contributed by atoms with Crippen molar-refractivity contribution in [2.75, 3.05) is 39.6 Å². The van der Waals surface area contributed by atoms with Crippen molar-refractivity contribution in [1.29, 1.82) is 0 Å². The first-order valence-corrected chi connectivity index (χ1v) is 7.03. The molecule has 0 unspecified atom stereocenters. The van der Waals surface area contributed by atoms with Crippen molar-refractivity contribution in [1.82, 2.24) is 0 Å². The second-order valence-corrected chi connectivity index (χ2v) is 4.69. The molecule has 0 aromatic rings. The minimum absolute atomic E-state index is 0.224. The van der Waals surface area contributed by atoms with Gasteiger partial charge >= 0.3 is 124 Å². The fourth-order valence-electron chi connectivity index (χ4n) is 1.64. The zero-order valence-corrected chi connectivity index (χ0v) is 12.5. The first-order chi connectivity index (χ1) is 10.2. The third kappa shape index (κ3) is 10.5. The fourth-order valence-corrected chi connectivity index (χ4v) is 1.64. The van der Waals surface area contributed by atoms with Crippen molar-refractivity contribution < 1.29 is 28.2 Å². The van der Waals surface area contributed by atoms with Gasteiger partial charge in [0, 0.05) is 0 Å². The van der Waals surface area contributed by atoms with E-state index in [4.69, 9.17) is 14.2 Å². The van der Waals surface area contributed by atoms with Gasteiger partial charge in [-0.1, -0.05) is 0 Å². The molecule has 0 radical (unpaired) electrons. The first-order valence-electron chi connectivity index (χ1n) is 7.03. The molecule has 6 nitrogen and oxygen atoms in total. The predicted octanol–water partition coefficient (Wildman–Crippen LogP) is 1.77. The molecule has 0 aliphatic rings. The predicted molar refractivity (Wildman–Crippen MR) is 72.8 cm³/mol. The van der Waals surface area contributed by atoms with E-state index in [0.717, 1.165) is 6.42 Å². The third-order valence-corrected chi connectivity index (χ3v) is 3.02. The molecule has 0 aliphatic heterocycles. The maximum atomic E-state index is 10.2. The van der Waals surface area contributed by atoms with Crippen molar-refractivity contribution in [3.05, 3.63) is 0 Å². The Bertz CT molecular complexity index is 318. The molecule has 0 atom stereocenters. The van der Waals surface area contributed by atoms with Crippen molar-refractivity contribution >= 4 is 0 Å². The van der Waals surface area contributed by atoms with Crippen LogP contribution in [-0.4, -0.2) is 39.6 Å². The molecule has 116 valence electrons. The average molecular weight is 299 g/mol. The normalized spacial score (nSPS) is 10.6. The van der Waals surface area contributed by atoms with E-state index in [2.05, 4.69) is 0 Å². The molecule has 0 rings (SSSR count). The van der Waals surface area contributed by atoms with Gasteiger partial charge in [-0.25, -0.2) is 0 Å². The van der Waals surface area contributed by atoms with Crippen molar-refractivity contribution in [3.8, 4) is 18.4 Å².